The van der Waals surface area contributed by atoms with Crippen LogP contribution in [0.15, 0.2) is 127 Å². The molecule has 0 aliphatic rings. The first kappa shape index (κ1) is 19.9. The number of pyridine rings is 1. The quantitative estimate of drug-likeness (QED) is 0.261. The van der Waals surface area contributed by atoms with Crippen LogP contribution in [-0.4, -0.2) is 19.8 Å². The molecule has 162 valence electrons. The topological polar surface area (TPSA) is 35.1 Å². The van der Waals surface area contributed by atoms with Crippen LogP contribution in [0.3, 0.4) is 0 Å². The Kier molecular flexibility index (Phi) is 4.89. The van der Waals surface area contributed by atoms with Gasteiger partial charge in [0.15, 0.2) is 0 Å². The number of nitrogens with zero attached hydrogens (tertiary/aromatic N) is 4. The van der Waals surface area contributed by atoms with Gasteiger partial charge in [-0.25, -0.2) is 0 Å². The lowest BCUT2D eigenvalue weighted by atomic mass is 10.1. The fraction of sp³-hybridized carbons (Fsp3) is 0. The molecule has 3 aromatic carbocycles. The third-order valence-electron chi connectivity index (χ3n) is 6.11. The van der Waals surface area contributed by atoms with Gasteiger partial charge in [0.2, 0.25) is 0 Å². The summed E-state index contributed by atoms with van der Waals surface area (Å²) in [6.07, 6.45) is 9.33. The van der Waals surface area contributed by atoms with Gasteiger partial charge in [0.05, 0.1) is 28.0 Å². The molecular weight excluding hydrogens is 416 g/mol. The van der Waals surface area contributed by atoms with Crippen LogP contribution in [-0.2, 0) is 0 Å². The molecule has 3 heterocycles. The van der Waals surface area contributed by atoms with Gasteiger partial charge < -0.3 is 9.13 Å². The Morgan fingerprint density at radius 3 is 2.35 bits per heavy atom. The van der Waals surface area contributed by atoms with Gasteiger partial charge in [-0.2, -0.15) is 0 Å². The van der Waals surface area contributed by atoms with Crippen molar-refractivity contribution in [3.63, 3.8) is 0 Å². The van der Waals surface area contributed by atoms with E-state index in [1.165, 1.54) is 27.2 Å². The number of para-hydroxylation sites is 2. The second kappa shape index (κ2) is 8.34. The van der Waals surface area contributed by atoms with E-state index in [0.29, 0.717) is 0 Å². The minimum absolute atomic E-state index is 0.738. The molecule has 34 heavy (non-hydrogen) atoms. The van der Waals surface area contributed by atoms with Crippen molar-refractivity contribution in [2.75, 3.05) is 0 Å². The van der Waals surface area contributed by atoms with Crippen LogP contribution < -0.4 is 0 Å². The summed E-state index contributed by atoms with van der Waals surface area (Å²) in [5.41, 5.74) is 6.23. The summed E-state index contributed by atoms with van der Waals surface area (Å²) in [5, 5.41) is 3.72. The second-order valence-corrected chi connectivity index (χ2v) is 8.04. The van der Waals surface area contributed by atoms with Gasteiger partial charge in [0.25, 0.3) is 0 Å². The van der Waals surface area contributed by atoms with Crippen molar-refractivity contribution in [1.29, 1.82) is 0 Å². The average Bonchev–Trinajstić information content (AvgIpc) is 3.46. The Morgan fingerprint density at radius 1 is 0.765 bits per heavy atom. The molecule has 6 rings (SSSR count). The van der Waals surface area contributed by atoms with Crippen molar-refractivity contribution >= 4 is 44.6 Å². The Labute approximate surface area is 197 Å². The monoisotopic (exact) mass is 438 g/mol. The van der Waals surface area contributed by atoms with E-state index in [-0.39, 0.29) is 0 Å². The van der Waals surface area contributed by atoms with Gasteiger partial charge in [0.1, 0.15) is 0 Å². The van der Waals surface area contributed by atoms with Crippen molar-refractivity contribution in [2.24, 2.45) is 4.99 Å². The summed E-state index contributed by atoms with van der Waals surface area (Å²) in [5.74, 6) is 0. The van der Waals surface area contributed by atoms with E-state index in [2.05, 4.69) is 105 Å². The van der Waals surface area contributed by atoms with Crippen LogP contribution in [0.1, 0.15) is 5.69 Å². The highest BCUT2D eigenvalue weighted by Crippen LogP contribution is 2.37. The number of allylic oxidation sites excluding steroid dienone is 1. The average molecular weight is 439 g/mol. The van der Waals surface area contributed by atoms with E-state index in [0.717, 1.165) is 22.6 Å². The van der Waals surface area contributed by atoms with Gasteiger partial charge in [0, 0.05) is 46.6 Å². The van der Waals surface area contributed by atoms with Crippen LogP contribution in [0.25, 0.3) is 44.6 Å². The number of rotatable bonds is 5. The van der Waals surface area contributed by atoms with Crippen molar-refractivity contribution in [3.8, 4) is 5.69 Å². The van der Waals surface area contributed by atoms with E-state index in [1.807, 2.05) is 24.4 Å². The molecule has 0 aliphatic heterocycles. The maximum absolute atomic E-state index is 4.58. The van der Waals surface area contributed by atoms with Crippen LogP contribution in [0.4, 0.5) is 0 Å². The molecule has 0 N–H and O–H groups in total. The molecule has 0 fully saturated rings. The number of hydrogen-bond acceptors (Lipinski definition) is 2. The Bertz CT molecular complexity index is 1700. The molecular formula is C30H22N4. The Hall–Kier alpha value is -4.70. The van der Waals surface area contributed by atoms with E-state index in [9.17, 15) is 0 Å². The van der Waals surface area contributed by atoms with Crippen molar-refractivity contribution in [1.82, 2.24) is 14.1 Å². The van der Waals surface area contributed by atoms with E-state index < -0.39 is 0 Å². The maximum Gasteiger partial charge on any atom is 0.0885 e. The third-order valence-corrected chi connectivity index (χ3v) is 6.11. The fourth-order valence-electron chi connectivity index (χ4n) is 4.61. The van der Waals surface area contributed by atoms with Crippen LogP contribution >= 0.6 is 0 Å². The number of aromatic nitrogens is 3. The van der Waals surface area contributed by atoms with Crippen LogP contribution in [0.2, 0.25) is 0 Å². The highest BCUT2D eigenvalue weighted by Gasteiger charge is 2.15. The highest BCUT2D eigenvalue weighted by molar-refractivity contribution is 6.21. The van der Waals surface area contributed by atoms with Gasteiger partial charge in [-0.05, 0) is 54.6 Å². The molecule has 0 radical (unpaired) electrons. The summed E-state index contributed by atoms with van der Waals surface area (Å²) in [6, 6.07) is 31.5. The summed E-state index contributed by atoms with van der Waals surface area (Å²) < 4.78 is 4.44. The smallest absolute Gasteiger partial charge is 0.0885 e. The van der Waals surface area contributed by atoms with Gasteiger partial charge in [-0.15, -0.1) is 0 Å². The Morgan fingerprint density at radius 2 is 1.53 bits per heavy atom. The predicted octanol–water partition coefficient (Wildman–Crippen LogP) is 7.24. The molecule has 0 atom stereocenters. The lowest BCUT2D eigenvalue weighted by Crippen LogP contribution is -1.98. The standard InChI is InChI=1S/C30H22N4/c1-2-25(26-13-8-9-18-31-26)32-19-21-33-20-17-24-27(33)15-16-29-30(24)23-12-6-7-14-28(23)34(29)22-10-4-3-5-11-22/h2-21H,1H2/b21-19+,32-25?. The first-order valence-electron chi connectivity index (χ1n) is 11.2. The van der Waals surface area contributed by atoms with Gasteiger partial charge in [-0.3, -0.25) is 9.98 Å². The highest BCUT2D eigenvalue weighted by atomic mass is 15.0. The van der Waals surface area contributed by atoms with Crippen LogP contribution in [0.5, 0.6) is 0 Å². The Balaban J connectivity index is 1.50. The fourth-order valence-corrected chi connectivity index (χ4v) is 4.61. The molecule has 0 amide bonds. The normalized spacial score (nSPS) is 12.3. The molecule has 0 unspecified atom stereocenters. The largest absolute Gasteiger partial charge is 0.322 e. The number of benzene rings is 3. The van der Waals surface area contributed by atoms with Crippen molar-refractivity contribution < 1.29 is 0 Å². The minimum atomic E-state index is 0.738. The van der Waals surface area contributed by atoms with E-state index >= 15 is 0 Å². The summed E-state index contributed by atoms with van der Waals surface area (Å²) >= 11 is 0. The number of hydrogen-bond donors (Lipinski definition) is 0. The van der Waals surface area contributed by atoms with E-state index in [4.69, 9.17) is 0 Å². The predicted molar refractivity (Wildman–Crippen MR) is 143 cm³/mol. The zero-order valence-electron chi connectivity index (χ0n) is 18.5. The molecule has 0 saturated heterocycles. The summed E-state index contributed by atoms with van der Waals surface area (Å²) in [6.45, 7) is 3.88. The molecule has 6 aromatic rings. The minimum Gasteiger partial charge on any atom is -0.322 e. The number of fused-ring (bicyclic) bond motifs is 5. The van der Waals surface area contributed by atoms with Crippen molar-refractivity contribution in [2.45, 2.75) is 0 Å². The molecule has 0 aliphatic carbocycles. The van der Waals surface area contributed by atoms with Gasteiger partial charge >= 0.3 is 0 Å². The number of aliphatic imine (C=N–C) groups is 1. The molecule has 3 aromatic heterocycles. The van der Waals surface area contributed by atoms with E-state index in [1.54, 1.807) is 18.5 Å². The molecule has 0 saturated carbocycles. The third kappa shape index (κ3) is 3.24. The van der Waals surface area contributed by atoms with Crippen LogP contribution in [0, 0.1) is 0 Å². The second-order valence-electron chi connectivity index (χ2n) is 8.04. The zero-order valence-corrected chi connectivity index (χ0v) is 18.5. The molecule has 4 nitrogen and oxygen atoms in total. The maximum atomic E-state index is 4.58. The van der Waals surface area contributed by atoms with Crippen molar-refractivity contribution in [3.05, 3.63) is 128 Å². The molecule has 4 heteroatoms. The SMILES string of the molecule is C=CC(=N/C=C/n1ccc2c3c4ccccc4n(-c4ccccc4)c3ccc21)c1ccccn1. The first-order chi connectivity index (χ1) is 16.8. The lowest BCUT2D eigenvalue weighted by molar-refractivity contribution is 1.18. The molecule has 0 bridgehead atoms. The zero-order chi connectivity index (χ0) is 22.9. The molecule has 0 spiro atoms. The van der Waals surface area contributed by atoms with Gasteiger partial charge in [-0.1, -0.05) is 49.0 Å². The summed E-state index contributed by atoms with van der Waals surface area (Å²) in [4.78, 5) is 8.94. The lowest BCUT2D eigenvalue weighted by Gasteiger charge is -2.07. The first-order valence-corrected chi connectivity index (χ1v) is 11.2. The summed E-state index contributed by atoms with van der Waals surface area (Å²) in [7, 11) is 0.